The van der Waals surface area contributed by atoms with Gasteiger partial charge in [-0.25, -0.2) is 0 Å². The minimum Gasteiger partial charge on any atom is -0.379 e. The van der Waals surface area contributed by atoms with Crippen molar-refractivity contribution >= 4 is 0 Å². The molecule has 124 valence electrons. The summed E-state index contributed by atoms with van der Waals surface area (Å²) in [6, 6.07) is 8.64. The molecule has 1 fully saturated rings. The summed E-state index contributed by atoms with van der Waals surface area (Å²) >= 11 is 0. The summed E-state index contributed by atoms with van der Waals surface area (Å²) in [6.45, 7) is 10.4. The molecule has 0 atom stereocenters. The number of aryl methyl sites for hydroxylation is 1. The third-order valence-electron chi connectivity index (χ3n) is 3.93. The van der Waals surface area contributed by atoms with Gasteiger partial charge in [0.2, 0.25) is 0 Å². The van der Waals surface area contributed by atoms with Gasteiger partial charge in [0.05, 0.1) is 13.2 Å². The lowest BCUT2D eigenvalue weighted by atomic mass is 10.1. The maximum atomic E-state index is 5.63. The molecule has 0 aromatic heterocycles. The lowest BCUT2D eigenvalue weighted by molar-refractivity contribution is -0.140. The van der Waals surface area contributed by atoms with Crippen molar-refractivity contribution in [1.29, 1.82) is 0 Å². The molecule has 0 amide bonds. The summed E-state index contributed by atoms with van der Waals surface area (Å²) in [5.74, 6) is 0. The first-order valence-electron chi connectivity index (χ1n) is 8.45. The average molecular weight is 307 g/mol. The molecule has 1 aliphatic rings. The van der Waals surface area contributed by atoms with Gasteiger partial charge < -0.3 is 14.2 Å². The normalized spacial score (nSPS) is 16.3. The topological polar surface area (TPSA) is 30.9 Å². The fourth-order valence-electron chi connectivity index (χ4n) is 2.72. The van der Waals surface area contributed by atoms with Crippen molar-refractivity contribution in [2.75, 3.05) is 46.1 Å². The molecule has 22 heavy (non-hydrogen) atoms. The number of benzene rings is 1. The van der Waals surface area contributed by atoms with Crippen LogP contribution in [0.1, 0.15) is 37.7 Å². The Labute approximate surface area is 134 Å². The molecule has 1 saturated heterocycles. The molecule has 4 heteroatoms. The molecule has 1 aromatic rings. The predicted octanol–water partition coefficient (Wildman–Crippen LogP) is 3.02. The second kappa shape index (κ2) is 9.95. The van der Waals surface area contributed by atoms with Gasteiger partial charge in [-0.1, -0.05) is 24.3 Å². The summed E-state index contributed by atoms with van der Waals surface area (Å²) < 4.78 is 16.6. The number of hydrogen-bond acceptors (Lipinski definition) is 4. The third-order valence-corrected chi connectivity index (χ3v) is 3.93. The minimum absolute atomic E-state index is 0.239. The average Bonchev–Trinajstić information content (AvgIpc) is 2.56. The molecule has 1 heterocycles. The van der Waals surface area contributed by atoms with Crippen molar-refractivity contribution < 1.29 is 14.2 Å². The van der Waals surface area contributed by atoms with E-state index >= 15 is 0 Å². The van der Waals surface area contributed by atoms with Crippen LogP contribution in [0.15, 0.2) is 24.3 Å². The first-order valence-corrected chi connectivity index (χ1v) is 8.45. The van der Waals surface area contributed by atoms with E-state index in [1.54, 1.807) is 0 Å². The van der Waals surface area contributed by atoms with E-state index < -0.39 is 0 Å². The molecule has 0 aliphatic carbocycles. The number of nitrogens with zero attached hydrogens (tertiary/aromatic N) is 1. The van der Waals surface area contributed by atoms with Gasteiger partial charge in [-0.3, -0.25) is 4.90 Å². The van der Waals surface area contributed by atoms with E-state index in [1.165, 1.54) is 12.0 Å². The van der Waals surface area contributed by atoms with Crippen molar-refractivity contribution in [3.05, 3.63) is 35.4 Å². The monoisotopic (exact) mass is 307 g/mol. The van der Waals surface area contributed by atoms with Gasteiger partial charge in [0.1, 0.15) is 0 Å². The Bertz CT molecular complexity index is 395. The number of morpholine rings is 1. The van der Waals surface area contributed by atoms with Crippen molar-refractivity contribution in [2.45, 2.75) is 33.0 Å². The Balaban J connectivity index is 1.77. The van der Waals surface area contributed by atoms with Crippen molar-refractivity contribution in [3.8, 4) is 0 Å². The Hall–Kier alpha value is -0.940. The number of ether oxygens (including phenoxy) is 3. The number of hydrogen-bond donors (Lipinski definition) is 0. The van der Waals surface area contributed by atoms with E-state index in [1.807, 2.05) is 13.8 Å². The molecular formula is C18H29NO3. The summed E-state index contributed by atoms with van der Waals surface area (Å²) in [6.07, 6.45) is 2.07. The van der Waals surface area contributed by atoms with Crippen LogP contribution in [0.4, 0.5) is 0 Å². The zero-order valence-corrected chi connectivity index (χ0v) is 13.9. The zero-order valence-electron chi connectivity index (χ0n) is 13.9. The molecule has 0 radical (unpaired) electrons. The van der Waals surface area contributed by atoms with Crippen molar-refractivity contribution in [1.82, 2.24) is 4.90 Å². The SMILES string of the molecule is CCOC(OCC)c1ccc(CCCN2CCOCC2)cc1. The van der Waals surface area contributed by atoms with E-state index in [9.17, 15) is 0 Å². The Morgan fingerprint density at radius 2 is 1.68 bits per heavy atom. The summed E-state index contributed by atoms with van der Waals surface area (Å²) in [5.41, 5.74) is 2.48. The highest BCUT2D eigenvalue weighted by molar-refractivity contribution is 5.23. The van der Waals surface area contributed by atoms with Crippen LogP contribution in [0.25, 0.3) is 0 Å². The Kier molecular flexibility index (Phi) is 7.88. The lowest BCUT2D eigenvalue weighted by Crippen LogP contribution is -2.36. The molecule has 2 rings (SSSR count). The standard InChI is InChI=1S/C18H29NO3/c1-3-21-18(22-4-2)17-9-7-16(8-10-17)6-5-11-19-12-14-20-15-13-19/h7-10,18H,3-6,11-15H2,1-2H3. The smallest absolute Gasteiger partial charge is 0.183 e. The summed E-state index contributed by atoms with van der Waals surface area (Å²) in [4.78, 5) is 2.48. The van der Waals surface area contributed by atoms with Crippen LogP contribution in [0.5, 0.6) is 0 Å². The van der Waals surface area contributed by atoms with Crippen LogP contribution in [0.2, 0.25) is 0 Å². The van der Waals surface area contributed by atoms with Gasteiger partial charge in [-0.15, -0.1) is 0 Å². The van der Waals surface area contributed by atoms with Gasteiger partial charge in [0, 0.05) is 31.9 Å². The molecule has 1 aliphatic heterocycles. The maximum Gasteiger partial charge on any atom is 0.183 e. The Morgan fingerprint density at radius 3 is 2.27 bits per heavy atom. The van der Waals surface area contributed by atoms with Gasteiger partial charge in [-0.2, -0.15) is 0 Å². The van der Waals surface area contributed by atoms with Gasteiger partial charge in [0.15, 0.2) is 6.29 Å². The highest BCUT2D eigenvalue weighted by Crippen LogP contribution is 2.20. The zero-order chi connectivity index (χ0) is 15.6. The maximum absolute atomic E-state index is 5.63. The van der Waals surface area contributed by atoms with E-state index in [0.717, 1.165) is 44.8 Å². The fourth-order valence-corrected chi connectivity index (χ4v) is 2.72. The van der Waals surface area contributed by atoms with Crippen molar-refractivity contribution in [3.63, 3.8) is 0 Å². The predicted molar refractivity (Wildman–Crippen MR) is 88.0 cm³/mol. The van der Waals surface area contributed by atoms with Gasteiger partial charge in [0.25, 0.3) is 0 Å². The molecule has 0 bridgehead atoms. The molecule has 0 unspecified atom stereocenters. The second-order valence-electron chi connectivity index (χ2n) is 5.54. The quantitative estimate of drug-likeness (QED) is 0.656. The molecule has 0 saturated carbocycles. The van der Waals surface area contributed by atoms with Crippen LogP contribution >= 0.6 is 0 Å². The fraction of sp³-hybridized carbons (Fsp3) is 0.667. The third kappa shape index (κ3) is 5.69. The Morgan fingerprint density at radius 1 is 1.05 bits per heavy atom. The molecule has 0 N–H and O–H groups in total. The summed E-state index contributed by atoms with van der Waals surface area (Å²) in [5, 5.41) is 0. The largest absolute Gasteiger partial charge is 0.379 e. The highest BCUT2D eigenvalue weighted by atomic mass is 16.7. The van der Waals surface area contributed by atoms with Crippen LogP contribution < -0.4 is 0 Å². The lowest BCUT2D eigenvalue weighted by Gasteiger charge is -2.26. The van der Waals surface area contributed by atoms with E-state index in [4.69, 9.17) is 14.2 Å². The van der Waals surface area contributed by atoms with E-state index in [2.05, 4.69) is 29.2 Å². The second-order valence-corrected chi connectivity index (χ2v) is 5.54. The molecular weight excluding hydrogens is 278 g/mol. The van der Waals surface area contributed by atoms with E-state index in [-0.39, 0.29) is 6.29 Å². The van der Waals surface area contributed by atoms with Crippen molar-refractivity contribution in [2.24, 2.45) is 0 Å². The van der Waals surface area contributed by atoms with Crippen LogP contribution in [-0.4, -0.2) is 51.0 Å². The van der Waals surface area contributed by atoms with Gasteiger partial charge >= 0.3 is 0 Å². The first kappa shape index (κ1) is 17.4. The highest BCUT2D eigenvalue weighted by Gasteiger charge is 2.11. The summed E-state index contributed by atoms with van der Waals surface area (Å²) in [7, 11) is 0. The van der Waals surface area contributed by atoms with E-state index in [0.29, 0.717) is 13.2 Å². The molecule has 0 spiro atoms. The first-order chi connectivity index (χ1) is 10.8. The molecule has 1 aromatic carbocycles. The van der Waals surface area contributed by atoms with Crippen LogP contribution in [0, 0.1) is 0 Å². The van der Waals surface area contributed by atoms with Crippen LogP contribution in [0.3, 0.4) is 0 Å². The molecule has 4 nitrogen and oxygen atoms in total. The number of rotatable bonds is 9. The minimum atomic E-state index is -0.239. The van der Waals surface area contributed by atoms with Gasteiger partial charge in [-0.05, 0) is 38.8 Å². The van der Waals surface area contributed by atoms with Crippen LogP contribution in [-0.2, 0) is 20.6 Å².